The molecule has 1 amide bonds. The first-order valence-corrected chi connectivity index (χ1v) is 6.91. The number of halogens is 1. The van der Waals surface area contributed by atoms with Gasteiger partial charge in [0.1, 0.15) is 0 Å². The highest BCUT2D eigenvalue weighted by Crippen LogP contribution is 2.34. The number of hydrogen-bond donors (Lipinski definition) is 1. The van der Waals surface area contributed by atoms with E-state index in [1.165, 1.54) is 4.90 Å². The number of benzene rings is 1. The average molecular weight is 305 g/mol. The van der Waals surface area contributed by atoms with Crippen molar-refractivity contribution in [1.29, 1.82) is 0 Å². The molecule has 2 aromatic rings. The lowest BCUT2D eigenvalue weighted by Gasteiger charge is -2.28. The van der Waals surface area contributed by atoms with Gasteiger partial charge in [-0.3, -0.25) is 9.78 Å². The van der Waals surface area contributed by atoms with Crippen molar-refractivity contribution in [2.45, 2.75) is 18.9 Å². The zero-order chi connectivity index (χ0) is 15.5. The molecule has 0 aliphatic rings. The average Bonchev–Trinajstić information content (AvgIpc) is 2.47. The summed E-state index contributed by atoms with van der Waals surface area (Å²) < 4.78 is 0. The molecule has 0 aliphatic heterocycles. The van der Waals surface area contributed by atoms with Gasteiger partial charge in [0.05, 0.1) is 5.60 Å². The fourth-order valence-electron chi connectivity index (χ4n) is 2.30. The molecule has 0 spiro atoms. The summed E-state index contributed by atoms with van der Waals surface area (Å²) in [5.41, 5.74) is 1.04. The van der Waals surface area contributed by atoms with Gasteiger partial charge in [-0.1, -0.05) is 11.6 Å². The molecule has 1 heterocycles. The van der Waals surface area contributed by atoms with Crippen LogP contribution in [-0.2, 0) is 16.8 Å². The summed E-state index contributed by atoms with van der Waals surface area (Å²) in [6, 6.07) is 8.82. The van der Waals surface area contributed by atoms with Crippen molar-refractivity contribution in [3.8, 4) is 0 Å². The summed E-state index contributed by atoms with van der Waals surface area (Å²) in [6.07, 6.45) is 4.47. The number of rotatable bonds is 5. The van der Waals surface area contributed by atoms with Crippen LogP contribution in [0.2, 0.25) is 5.02 Å². The zero-order valence-electron chi connectivity index (χ0n) is 12.0. The molecule has 1 N–H and O–H groups in total. The van der Waals surface area contributed by atoms with Crippen LogP contribution in [0.15, 0.2) is 42.7 Å². The third-order valence-corrected chi connectivity index (χ3v) is 3.61. The van der Waals surface area contributed by atoms with E-state index in [2.05, 4.69) is 4.98 Å². The van der Waals surface area contributed by atoms with Crippen LogP contribution in [0, 0.1) is 0 Å². The lowest BCUT2D eigenvalue weighted by molar-refractivity contribution is -0.107. The Kier molecular flexibility index (Phi) is 4.60. The molecule has 110 valence electrons. The van der Waals surface area contributed by atoms with Crippen molar-refractivity contribution < 1.29 is 9.90 Å². The Morgan fingerprint density at radius 3 is 2.62 bits per heavy atom. The van der Waals surface area contributed by atoms with Crippen molar-refractivity contribution in [2.24, 2.45) is 0 Å². The summed E-state index contributed by atoms with van der Waals surface area (Å²) in [5.74, 6) is 0. The number of anilines is 1. The van der Waals surface area contributed by atoms with Gasteiger partial charge < -0.3 is 10.0 Å². The van der Waals surface area contributed by atoms with Crippen molar-refractivity contribution in [2.75, 3.05) is 11.9 Å². The molecule has 0 aliphatic carbocycles. The Bertz CT molecular complexity index is 629. The third kappa shape index (κ3) is 3.60. The molecule has 0 fully saturated rings. The van der Waals surface area contributed by atoms with Crippen LogP contribution < -0.4 is 4.90 Å². The lowest BCUT2D eigenvalue weighted by atomic mass is 9.88. The summed E-state index contributed by atoms with van der Waals surface area (Å²) in [7, 11) is 1.64. The first-order chi connectivity index (χ1) is 9.94. The Labute approximate surface area is 129 Å². The van der Waals surface area contributed by atoms with Crippen LogP contribution in [-0.4, -0.2) is 23.5 Å². The van der Waals surface area contributed by atoms with Crippen molar-refractivity contribution in [3.05, 3.63) is 58.9 Å². The second-order valence-corrected chi connectivity index (χ2v) is 5.62. The van der Waals surface area contributed by atoms with E-state index in [0.29, 0.717) is 29.1 Å². The zero-order valence-corrected chi connectivity index (χ0v) is 12.7. The standard InChI is InChI=1S/C16H17ClN2O2/c1-16(21,10-12-5-7-18-8-6-12)14-9-13(17)3-4-15(14)19(2)11-20/h3-9,11,21H,10H2,1-2H3. The smallest absolute Gasteiger partial charge is 0.213 e. The van der Waals surface area contributed by atoms with Gasteiger partial charge in [-0.05, 0) is 42.8 Å². The van der Waals surface area contributed by atoms with Crippen LogP contribution in [0.25, 0.3) is 0 Å². The van der Waals surface area contributed by atoms with Gasteiger partial charge in [0.2, 0.25) is 6.41 Å². The van der Waals surface area contributed by atoms with Crippen LogP contribution >= 0.6 is 11.6 Å². The second kappa shape index (κ2) is 6.24. The second-order valence-electron chi connectivity index (χ2n) is 5.18. The number of carbonyl (C=O) groups excluding carboxylic acids is 1. The van der Waals surface area contributed by atoms with Crippen LogP contribution in [0.4, 0.5) is 5.69 Å². The monoisotopic (exact) mass is 304 g/mol. The van der Waals surface area contributed by atoms with E-state index < -0.39 is 5.60 Å². The first-order valence-electron chi connectivity index (χ1n) is 6.53. The number of aliphatic hydroxyl groups is 1. The molecule has 0 saturated heterocycles. The molecule has 1 aromatic carbocycles. The van der Waals surface area contributed by atoms with E-state index >= 15 is 0 Å². The minimum Gasteiger partial charge on any atom is -0.385 e. The molecule has 1 atom stereocenters. The van der Waals surface area contributed by atoms with Gasteiger partial charge in [0.25, 0.3) is 0 Å². The Morgan fingerprint density at radius 2 is 2.00 bits per heavy atom. The molecule has 1 unspecified atom stereocenters. The molecule has 1 aromatic heterocycles. The largest absolute Gasteiger partial charge is 0.385 e. The van der Waals surface area contributed by atoms with E-state index in [0.717, 1.165) is 5.56 Å². The van der Waals surface area contributed by atoms with E-state index in [1.807, 2.05) is 12.1 Å². The molecule has 2 rings (SSSR count). The Morgan fingerprint density at radius 1 is 1.33 bits per heavy atom. The highest BCUT2D eigenvalue weighted by molar-refractivity contribution is 6.30. The van der Waals surface area contributed by atoms with Gasteiger partial charge in [0.15, 0.2) is 0 Å². The summed E-state index contributed by atoms with van der Waals surface area (Å²) in [6.45, 7) is 1.71. The van der Waals surface area contributed by atoms with Gasteiger partial charge in [-0.15, -0.1) is 0 Å². The summed E-state index contributed by atoms with van der Waals surface area (Å²) in [4.78, 5) is 16.4. The van der Waals surface area contributed by atoms with E-state index in [9.17, 15) is 9.90 Å². The number of carbonyl (C=O) groups is 1. The molecular formula is C16H17ClN2O2. The minimum atomic E-state index is -1.15. The maximum atomic E-state index is 11.0. The van der Waals surface area contributed by atoms with Crippen molar-refractivity contribution >= 4 is 23.7 Å². The molecule has 5 heteroatoms. The maximum Gasteiger partial charge on any atom is 0.213 e. The summed E-state index contributed by atoms with van der Waals surface area (Å²) >= 11 is 6.05. The minimum absolute atomic E-state index is 0.398. The van der Waals surface area contributed by atoms with Gasteiger partial charge in [-0.2, -0.15) is 0 Å². The Hall–Kier alpha value is -1.91. The molecular weight excluding hydrogens is 288 g/mol. The normalized spacial score (nSPS) is 13.5. The topological polar surface area (TPSA) is 53.4 Å². The molecule has 0 bridgehead atoms. The molecule has 4 nitrogen and oxygen atoms in total. The fourth-order valence-corrected chi connectivity index (χ4v) is 2.47. The number of nitrogens with zero attached hydrogens (tertiary/aromatic N) is 2. The predicted molar refractivity (Wildman–Crippen MR) is 83.4 cm³/mol. The Balaban J connectivity index is 2.43. The number of hydrogen-bond acceptors (Lipinski definition) is 3. The summed E-state index contributed by atoms with van der Waals surface area (Å²) in [5, 5.41) is 11.4. The van der Waals surface area contributed by atoms with Gasteiger partial charge >= 0.3 is 0 Å². The van der Waals surface area contributed by atoms with E-state index in [-0.39, 0.29) is 0 Å². The quantitative estimate of drug-likeness (QED) is 0.864. The number of amides is 1. The first kappa shape index (κ1) is 15.5. The van der Waals surface area contributed by atoms with Crippen molar-refractivity contribution in [1.82, 2.24) is 4.98 Å². The SMILES string of the molecule is CN(C=O)c1ccc(Cl)cc1C(C)(O)Cc1ccncc1. The molecule has 0 saturated carbocycles. The van der Waals surface area contributed by atoms with Crippen LogP contribution in [0.5, 0.6) is 0 Å². The highest BCUT2D eigenvalue weighted by atomic mass is 35.5. The predicted octanol–water partition coefficient (Wildman–Crippen LogP) is 2.78. The fraction of sp³-hybridized carbons (Fsp3) is 0.250. The van der Waals surface area contributed by atoms with Gasteiger partial charge in [-0.25, -0.2) is 0 Å². The van der Waals surface area contributed by atoms with Crippen LogP contribution in [0.1, 0.15) is 18.1 Å². The third-order valence-electron chi connectivity index (χ3n) is 3.37. The lowest BCUT2D eigenvalue weighted by Crippen LogP contribution is -2.28. The van der Waals surface area contributed by atoms with E-state index in [1.54, 1.807) is 44.6 Å². The highest BCUT2D eigenvalue weighted by Gasteiger charge is 2.28. The number of pyridine rings is 1. The van der Waals surface area contributed by atoms with E-state index in [4.69, 9.17) is 11.6 Å². The van der Waals surface area contributed by atoms with Crippen LogP contribution in [0.3, 0.4) is 0 Å². The maximum absolute atomic E-state index is 11.0. The number of aromatic nitrogens is 1. The molecule has 0 radical (unpaired) electrons. The van der Waals surface area contributed by atoms with Gasteiger partial charge in [0, 0.05) is 42.1 Å². The molecule has 21 heavy (non-hydrogen) atoms. The van der Waals surface area contributed by atoms with Crippen molar-refractivity contribution in [3.63, 3.8) is 0 Å².